The summed E-state index contributed by atoms with van der Waals surface area (Å²) in [5, 5.41) is 9.60. The van der Waals surface area contributed by atoms with Crippen molar-refractivity contribution in [2.75, 3.05) is 6.54 Å². The van der Waals surface area contributed by atoms with E-state index < -0.39 is 0 Å². The average Bonchev–Trinajstić information content (AvgIpc) is 2.47. The van der Waals surface area contributed by atoms with Crippen LogP contribution in [0, 0.1) is 17.8 Å². The molecule has 1 aliphatic heterocycles. The molecule has 0 radical (unpaired) electrons. The summed E-state index contributed by atoms with van der Waals surface area (Å²) in [6.45, 7) is 4.14. The number of hydrogen-bond acceptors (Lipinski definition) is 3. The Morgan fingerprint density at radius 3 is 2.29 bits per heavy atom. The van der Waals surface area contributed by atoms with E-state index in [9.17, 15) is 14.7 Å². The Hall–Kier alpha value is -0.900. The minimum absolute atomic E-state index is 0.0393. The van der Waals surface area contributed by atoms with Crippen LogP contribution in [0.3, 0.4) is 0 Å². The highest BCUT2D eigenvalue weighted by Gasteiger charge is 2.43. The standard InChI is InChI=1S/C13H21NO3/c1-8-9(2)13(17)14(12(8)16)7-10-4-3-5-11(15)6-10/h8-11,15H,3-7H2,1-2H3. The molecular weight excluding hydrogens is 218 g/mol. The fourth-order valence-electron chi connectivity index (χ4n) is 2.89. The fraction of sp³-hybridized carbons (Fsp3) is 0.846. The van der Waals surface area contributed by atoms with Gasteiger partial charge in [0.15, 0.2) is 0 Å². The van der Waals surface area contributed by atoms with Crippen LogP contribution in [-0.4, -0.2) is 34.5 Å². The first kappa shape index (κ1) is 12.6. The van der Waals surface area contributed by atoms with Gasteiger partial charge in [-0.3, -0.25) is 14.5 Å². The maximum Gasteiger partial charge on any atom is 0.232 e. The second kappa shape index (κ2) is 4.77. The Morgan fingerprint density at radius 2 is 1.76 bits per heavy atom. The Kier molecular flexibility index (Phi) is 3.52. The van der Waals surface area contributed by atoms with Gasteiger partial charge in [-0.15, -0.1) is 0 Å². The summed E-state index contributed by atoms with van der Waals surface area (Å²) >= 11 is 0. The van der Waals surface area contributed by atoms with Crippen molar-refractivity contribution in [1.82, 2.24) is 4.90 Å². The van der Waals surface area contributed by atoms with Crippen molar-refractivity contribution in [2.24, 2.45) is 17.8 Å². The van der Waals surface area contributed by atoms with Gasteiger partial charge in [-0.1, -0.05) is 20.3 Å². The van der Waals surface area contributed by atoms with Crippen LogP contribution in [0.4, 0.5) is 0 Å². The zero-order valence-electron chi connectivity index (χ0n) is 10.6. The lowest BCUT2D eigenvalue weighted by Crippen LogP contribution is -2.37. The second-order valence-corrected chi connectivity index (χ2v) is 5.55. The van der Waals surface area contributed by atoms with E-state index in [2.05, 4.69) is 0 Å². The zero-order chi connectivity index (χ0) is 12.6. The molecule has 0 aromatic rings. The third-order valence-electron chi connectivity index (χ3n) is 4.26. The van der Waals surface area contributed by atoms with E-state index in [-0.39, 0.29) is 35.7 Å². The SMILES string of the molecule is CC1C(=O)N(CC2CCCC(O)C2)C(=O)C1C. The van der Waals surface area contributed by atoms with Crippen molar-refractivity contribution in [1.29, 1.82) is 0 Å². The van der Waals surface area contributed by atoms with E-state index in [1.54, 1.807) is 0 Å². The molecule has 0 aromatic carbocycles. The van der Waals surface area contributed by atoms with Crippen LogP contribution in [0.15, 0.2) is 0 Å². The first-order valence-corrected chi connectivity index (χ1v) is 6.54. The van der Waals surface area contributed by atoms with Crippen LogP contribution in [0.1, 0.15) is 39.5 Å². The average molecular weight is 239 g/mol. The summed E-state index contributed by atoms with van der Waals surface area (Å²) in [6, 6.07) is 0. The maximum atomic E-state index is 11.9. The smallest absolute Gasteiger partial charge is 0.232 e. The van der Waals surface area contributed by atoms with Gasteiger partial charge in [0.1, 0.15) is 0 Å². The topological polar surface area (TPSA) is 57.6 Å². The Bertz CT molecular complexity index is 309. The van der Waals surface area contributed by atoms with Gasteiger partial charge in [0.05, 0.1) is 6.10 Å². The van der Waals surface area contributed by atoms with E-state index in [1.807, 2.05) is 13.8 Å². The monoisotopic (exact) mass is 239 g/mol. The molecule has 4 unspecified atom stereocenters. The van der Waals surface area contributed by atoms with Gasteiger partial charge in [0.2, 0.25) is 11.8 Å². The minimum Gasteiger partial charge on any atom is -0.393 e. The third-order valence-corrected chi connectivity index (χ3v) is 4.26. The molecule has 1 N–H and O–H groups in total. The summed E-state index contributed by atoms with van der Waals surface area (Å²) < 4.78 is 0. The van der Waals surface area contributed by atoms with Crippen LogP contribution in [0.5, 0.6) is 0 Å². The number of imide groups is 1. The molecule has 0 bridgehead atoms. The molecule has 0 spiro atoms. The Labute approximate surface area is 102 Å². The highest BCUT2D eigenvalue weighted by atomic mass is 16.3. The van der Waals surface area contributed by atoms with Gasteiger partial charge in [-0.05, 0) is 25.2 Å². The molecule has 1 saturated heterocycles. The number of hydrogen-bond donors (Lipinski definition) is 1. The van der Waals surface area contributed by atoms with Crippen molar-refractivity contribution < 1.29 is 14.7 Å². The molecule has 4 heteroatoms. The van der Waals surface area contributed by atoms with Crippen molar-refractivity contribution in [3.8, 4) is 0 Å². The molecule has 1 saturated carbocycles. The molecule has 4 atom stereocenters. The molecule has 4 nitrogen and oxygen atoms in total. The first-order valence-electron chi connectivity index (χ1n) is 6.54. The lowest BCUT2D eigenvalue weighted by Gasteiger charge is -2.28. The number of likely N-dealkylation sites (tertiary alicyclic amines) is 1. The number of amides is 2. The molecule has 2 amide bonds. The highest BCUT2D eigenvalue weighted by Crippen LogP contribution is 2.30. The molecular formula is C13H21NO3. The number of aliphatic hydroxyl groups excluding tert-OH is 1. The summed E-state index contributed by atoms with van der Waals surface area (Å²) in [5.41, 5.74) is 0. The normalized spacial score (nSPS) is 38.9. The lowest BCUT2D eigenvalue weighted by atomic mass is 9.87. The van der Waals surface area contributed by atoms with Crippen LogP contribution in [0.2, 0.25) is 0 Å². The zero-order valence-corrected chi connectivity index (χ0v) is 10.6. The molecule has 2 aliphatic rings. The highest BCUT2D eigenvalue weighted by molar-refractivity contribution is 6.04. The maximum absolute atomic E-state index is 11.9. The summed E-state index contributed by atoms with van der Waals surface area (Å²) in [6.07, 6.45) is 3.33. The van der Waals surface area contributed by atoms with Gasteiger partial charge in [0.25, 0.3) is 0 Å². The predicted octanol–water partition coefficient (Wildman–Crippen LogP) is 1.18. The minimum atomic E-state index is -0.253. The van der Waals surface area contributed by atoms with Crippen LogP contribution in [0.25, 0.3) is 0 Å². The van der Waals surface area contributed by atoms with E-state index in [4.69, 9.17) is 0 Å². The number of carbonyl (C=O) groups excluding carboxylic acids is 2. The quantitative estimate of drug-likeness (QED) is 0.736. The van der Waals surface area contributed by atoms with E-state index in [0.717, 1.165) is 25.7 Å². The van der Waals surface area contributed by atoms with E-state index in [1.165, 1.54) is 4.90 Å². The fourth-order valence-corrected chi connectivity index (χ4v) is 2.89. The summed E-state index contributed by atoms with van der Waals surface area (Å²) in [7, 11) is 0. The molecule has 2 fully saturated rings. The Morgan fingerprint density at radius 1 is 1.18 bits per heavy atom. The van der Waals surface area contributed by atoms with E-state index in [0.29, 0.717) is 6.54 Å². The summed E-state index contributed by atoms with van der Waals surface area (Å²) in [5.74, 6) is -0.165. The molecule has 17 heavy (non-hydrogen) atoms. The predicted molar refractivity (Wildman–Crippen MR) is 63.0 cm³/mol. The molecule has 1 aliphatic carbocycles. The van der Waals surface area contributed by atoms with Crippen LogP contribution < -0.4 is 0 Å². The van der Waals surface area contributed by atoms with Crippen molar-refractivity contribution in [2.45, 2.75) is 45.6 Å². The van der Waals surface area contributed by atoms with Gasteiger partial charge < -0.3 is 5.11 Å². The number of carbonyl (C=O) groups is 2. The lowest BCUT2D eigenvalue weighted by molar-refractivity contribution is -0.140. The first-order chi connectivity index (χ1) is 8.00. The van der Waals surface area contributed by atoms with Gasteiger partial charge in [0, 0.05) is 18.4 Å². The molecule has 2 rings (SSSR count). The van der Waals surface area contributed by atoms with Crippen molar-refractivity contribution in [3.05, 3.63) is 0 Å². The number of nitrogens with zero attached hydrogens (tertiary/aromatic N) is 1. The van der Waals surface area contributed by atoms with Crippen molar-refractivity contribution >= 4 is 11.8 Å². The molecule has 0 aromatic heterocycles. The van der Waals surface area contributed by atoms with E-state index >= 15 is 0 Å². The Balaban J connectivity index is 1.99. The third kappa shape index (κ3) is 2.37. The molecule has 96 valence electrons. The van der Waals surface area contributed by atoms with Crippen LogP contribution >= 0.6 is 0 Å². The summed E-state index contributed by atoms with van der Waals surface area (Å²) in [4.78, 5) is 25.3. The second-order valence-electron chi connectivity index (χ2n) is 5.55. The number of aliphatic hydroxyl groups is 1. The van der Waals surface area contributed by atoms with Gasteiger partial charge in [-0.2, -0.15) is 0 Å². The molecule has 1 heterocycles. The largest absolute Gasteiger partial charge is 0.393 e. The van der Waals surface area contributed by atoms with Gasteiger partial charge >= 0.3 is 0 Å². The van der Waals surface area contributed by atoms with Crippen LogP contribution in [-0.2, 0) is 9.59 Å². The van der Waals surface area contributed by atoms with Crippen molar-refractivity contribution in [3.63, 3.8) is 0 Å². The van der Waals surface area contributed by atoms with Gasteiger partial charge in [-0.25, -0.2) is 0 Å². The number of rotatable bonds is 2.